The van der Waals surface area contributed by atoms with Crippen molar-refractivity contribution >= 4 is 23.2 Å². The van der Waals surface area contributed by atoms with E-state index in [4.69, 9.17) is 4.74 Å². The summed E-state index contributed by atoms with van der Waals surface area (Å²) in [5.41, 5.74) is 3.47. The molecule has 1 aliphatic carbocycles. The summed E-state index contributed by atoms with van der Waals surface area (Å²) in [5.74, 6) is -0.317. The van der Waals surface area contributed by atoms with Crippen LogP contribution in [0, 0.1) is 17.2 Å². The molecule has 0 spiro atoms. The van der Waals surface area contributed by atoms with Gasteiger partial charge in [0.05, 0.1) is 22.8 Å². The maximum absolute atomic E-state index is 13.9. The van der Waals surface area contributed by atoms with Crippen molar-refractivity contribution < 1.29 is 18.7 Å². The van der Waals surface area contributed by atoms with E-state index in [0.717, 1.165) is 16.9 Å². The lowest BCUT2D eigenvalue weighted by Crippen LogP contribution is -2.58. The lowest BCUT2D eigenvalue weighted by molar-refractivity contribution is -0.0104. The molecule has 2 unspecified atom stereocenters. The van der Waals surface area contributed by atoms with Gasteiger partial charge in [0.2, 0.25) is 0 Å². The van der Waals surface area contributed by atoms with Gasteiger partial charge in [-0.15, -0.1) is 11.3 Å². The van der Waals surface area contributed by atoms with Crippen LogP contribution in [0.4, 0.5) is 9.18 Å². The van der Waals surface area contributed by atoms with Crippen molar-refractivity contribution in [1.29, 1.82) is 0 Å². The van der Waals surface area contributed by atoms with Crippen molar-refractivity contribution in [3.63, 3.8) is 0 Å². The zero-order valence-electron chi connectivity index (χ0n) is 19.5. The lowest BCUT2D eigenvalue weighted by atomic mass is 9.60. The molecule has 3 aromatic rings. The number of carbonyl (C=O) groups excluding carboxylic acids is 2. The minimum Gasteiger partial charge on any atom is -0.444 e. The first-order valence-corrected chi connectivity index (χ1v) is 12.3. The van der Waals surface area contributed by atoms with Crippen molar-refractivity contribution in [2.24, 2.45) is 11.3 Å². The third kappa shape index (κ3) is 4.02. The van der Waals surface area contributed by atoms with Gasteiger partial charge in [-0.25, -0.2) is 18.9 Å². The summed E-state index contributed by atoms with van der Waals surface area (Å²) in [4.78, 5) is 32.8. The molecule has 1 amide bonds. The predicted octanol–water partition coefficient (Wildman–Crippen LogP) is 4.69. The van der Waals surface area contributed by atoms with Gasteiger partial charge in [-0.2, -0.15) is 5.10 Å². The van der Waals surface area contributed by atoms with Crippen LogP contribution in [0.2, 0.25) is 0 Å². The zero-order chi connectivity index (χ0) is 24.1. The topological polar surface area (TPSA) is 77.3 Å². The number of hydrogen-bond acceptors (Lipinski definition) is 6. The second-order valence-electron chi connectivity index (χ2n) is 10.1. The Labute approximate surface area is 201 Å². The summed E-state index contributed by atoms with van der Waals surface area (Å²) >= 11 is 1.39. The van der Waals surface area contributed by atoms with Crippen molar-refractivity contribution in [3.05, 3.63) is 64.1 Å². The number of likely N-dealkylation sites (tertiary alicyclic amines) is 1. The number of piperidine rings is 1. The second kappa shape index (κ2) is 8.30. The Kier molecular flexibility index (Phi) is 5.55. The number of aromatic nitrogens is 3. The van der Waals surface area contributed by atoms with E-state index >= 15 is 0 Å². The van der Waals surface area contributed by atoms with Crippen LogP contribution < -0.4 is 0 Å². The quantitative estimate of drug-likeness (QED) is 0.506. The number of thiazole rings is 1. The highest BCUT2D eigenvalue weighted by Crippen LogP contribution is 2.47. The van der Waals surface area contributed by atoms with E-state index in [1.165, 1.54) is 23.5 Å². The van der Waals surface area contributed by atoms with Crippen LogP contribution in [0.1, 0.15) is 48.9 Å². The smallest absolute Gasteiger partial charge is 0.410 e. The zero-order valence-corrected chi connectivity index (χ0v) is 20.3. The third-order valence-electron chi connectivity index (χ3n) is 6.74. The van der Waals surface area contributed by atoms with E-state index in [9.17, 15) is 14.0 Å². The number of benzene rings is 1. The van der Waals surface area contributed by atoms with E-state index in [-0.39, 0.29) is 24.1 Å². The minimum atomic E-state index is -0.799. The molecule has 178 valence electrons. The molecule has 0 N–H and O–H groups in total. The molecule has 0 radical (unpaired) electrons. The van der Waals surface area contributed by atoms with Crippen molar-refractivity contribution in [3.8, 4) is 5.69 Å². The Hall–Kier alpha value is -3.07. The standard InChI is InChI=1S/C25H27FN4O3S/c1-24(2,3)33-23(32)29-9-8-17-10-21-16(12-28-30(21)19-6-4-18(26)5-7-19)11-25(17,14-29)22(31)20-13-34-15-27-20/h4-7,12-13,15,17H,8-11,14H2,1-3H3. The largest absolute Gasteiger partial charge is 0.444 e. The maximum atomic E-state index is 13.9. The molecule has 1 aliphatic heterocycles. The lowest BCUT2D eigenvalue weighted by Gasteiger charge is -2.49. The first-order valence-electron chi connectivity index (χ1n) is 11.4. The van der Waals surface area contributed by atoms with Crippen LogP contribution in [-0.4, -0.2) is 50.2 Å². The number of amides is 1. The van der Waals surface area contributed by atoms with E-state index < -0.39 is 17.1 Å². The second-order valence-corrected chi connectivity index (χ2v) is 10.9. The molecule has 1 saturated heterocycles. The molecule has 3 heterocycles. The van der Waals surface area contributed by atoms with Gasteiger partial charge in [-0.3, -0.25) is 4.79 Å². The molecule has 0 saturated carbocycles. The number of halogens is 1. The van der Waals surface area contributed by atoms with Crippen LogP contribution in [0.5, 0.6) is 0 Å². The Morgan fingerprint density at radius 1 is 1.24 bits per heavy atom. The van der Waals surface area contributed by atoms with Crippen molar-refractivity contribution in [2.75, 3.05) is 13.1 Å². The number of ether oxygens (including phenoxy) is 1. The van der Waals surface area contributed by atoms with Crippen LogP contribution in [0.3, 0.4) is 0 Å². The number of carbonyl (C=O) groups is 2. The Balaban J connectivity index is 1.52. The van der Waals surface area contributed by atoms with Gasteiger partial charge in [0, 0.05) is 24.2 Å². The number of hydrogen-bond donors (Lipinski definition) is 0. The monoisotopic (exact) mass is 482 g/mol. The van der Waals surface area contributed by atoms with Crippen LogP contribution >= 0.6 is 11.3 Å². The molecule has 5 rings (SSSR count). The fraction of sp³-hybridized carbons (Fsp3) is 0.440. The van der Waals surface area contributed by atoms with Crippen LogP contribution in [0.15, 0.2) is 41.4 Å². The van der Waals surface area contributed by atoms with Gasteiger partial charge in [0.25, 0.3) is 0 Å². The first kappa shape index (κ1) is 22.7. The van der Waals surface area contributed by atoms with E-state index in [1.807, 2.05) is 25.5 Å². The molecule has 1 aromatic carbocycles. The molecular formula is C25H27FN4O3S. The summed E-state index contributed by atoms with van der Waals surface area (Å²) in [6, 6.07) is 6.25. The number of rotatable bonds is 3. The third-order valence-corrected chi connectivity index (χ3v) is 7.33. The van der Waals surface area contributed by atoms with Crippen LogP contribution in [0.25, 0.3) is 5.69 Å². The summed E-state index contributed by atoms with van der Waals surface area (Å²) in [5, 5.41) is 6.35. The minimum absolute atomic E-state index is 0.0174. The molecule has 9 heteroatoms. The van der Waals surface area contributed by atoms with Gasteiger partial charge in [-0.05, 0) is 75.8 Å². The molecule has 2 aromatic heterocycles. The molecule has 0 bridgehead atoms. The van der Waals surface area contributed by atoms with E-state index in [2.05, 4.69) is 10.1 Å². The molecule has 7 nitrogen and oxygen atoms in total. The van der Waals surface area contributed by atoms with Crippen molar-refractivity contribution in [2.45, 2.75) is 45.6 Å². The average Bonchev–Trinajstić information content (AvgIpc) is 3.46. The van der Waals surface area contributed by atoms with E-state index in [1.54, 1.807) is 34.1 Å². The summed E-state index contributed by atoms with van der Waals surface area (Å²) in [7, 11) is 0. The first-order chi connectivity index (χ1) is 16.2. The number of nitrogens with zero attached hydrogens (tertiary/aromatic N) is 4. The van der Waals surface area contributed by atoms with Gasteiger partial charge in [0.1, 0.15) is 17.1 Å². The Morgan fingerprint density at radius 2 is 2.00 bits per heavy atom. The van der Waals surface area contributed by atoms with Gasteiger partial charge in [0.15, 0.2) is 5.78 Å². The fourth-order valence-electron chi connectivity index (χ4n) is 5.18. The maximum Gasteiger partial charge on any atom is 0.410 e. The highest BCUT2D eigenvalue weighted by molar-refractivity contribution is 7.07. The number of Topliss-reactive ketones (excluding diaryl/α,β-unsaturated/α-hetero) is 1. The molecule has 2 atom stereocenters. The summed E-state index contributed by atoms with van der Waals surface area (Å²) < 4.78 is 20.9. The molecule has 34 heavy (non-hydrogen) atoms. The van der Waals surface area contributed by atoms with Crippen molar-refractivity contribution in [1.82, 2.24) is 19.7 Å². The van der Waals surface area contributed by atoms with Gasteiger partial charge in [-0.1, -0.05) is 0 Å². The number of fused-ring (bicyclic) bond motifs is 2. The highest BCUT2D eigenvalue weighted by Gasteiger charge is 2.54. The Bertz CT molecular complexity index is 1220. The molecule has 2 aliphatic rings. The Morgan fingerprint density at radius 3 is 2.68 bits per heavy atom. The summed E-state index contributed by atoms with van der Waals surface area (Å²) in [6.45, 7) is 6.32. The summed E-state index contributed by atoms with van der Waals surface area (Å²) in [6.07, 6.45) is 3.17. The molecule has 1 fully saturated rings. The van der Waals surface area contributed by atoms with Gasteiger partial charge < -0.3 is 9.64 Å². The molecular weight excluding hydrogens is 455 g/mol. The van der Waals surface area contributed by atoms with E-state index in [0.29, 0.717) is 31.5 Å². The SMILES string of the molecule is CC(C)(C)OC(=O)N1CCC2Cc3c(cnn3-c3ccc(F)cc3)CC2(C(=O)c2cscn2)C1. The normalized spacial score (nSPS) is 22.1. The van der Waals surface area contributed by atoms with Crippen LogP contribution in [-0.2, 0) is 17.6 Å². The fourth-order valence-corrected chi connectivity index (χ4v) is 5.72. The van der Waals surface area contributed by atoms with Gasteiger partial charge >= 0.3 is 6.09 Å². The average molecular weight is 483 g/mol. The number of ketones is 1. The highest BCUT2D eigenvalue weighted by atomic mass is 32.1. The predicted molar refractivity (Wildman–Crippen MR) is 126 cm³/mol.